The summed E-state index contributed by atoms with van der Waals surface area (Å²) in [6, 6.07) is 12.5. The van der Waals surface area contributed by atoms with Crippen molar-refractivity contribution in [1.82, 2.24) is 14.8 Å². The van der Waals surface area contributed by atoms with E-state index < -0.39 is 0 Å². The molecule has 2 aromatic rings. The van der Waals surface area contributed by atoms with Crippen molar-refractivity contribution >= 4 is 5.91 Å². The van der Waals surface area contributed by atoms with Gasteiger partial charge in [0.1, 0.15) is 0 Å². The van der Waals surface area contributed by atoms with E-state index in [0.717, 1.165) is 31.5 Å². The molecule has 1 aromatic heterocycles. The molecule has 1 aliphatic heterocycles. The topological polar surface area (TPSA) is 37.3 Å². The summed E-state index contributed by atoms with van der Waals surface area (Å²) in [6.45, 7) is 5.04. The van der Waals surface area contributed by atoms with Gasteiger partial charge in [0.2, 0.25) is 0 Å². The van der Waals surface area contributed by atoms with Crippen molar-refractivity contribution < 1.29 is 4.79 Å². The first-order chi connectivity index (χ1) is 13.2. The van der Waals surface area contributed by atoms with Crippen LogP contribution >= 0.6 is 0 Å². The second-order valence-corrected chi connectivity index (χ2v) is 7.67. The highest BCUT2D eigenvalue weighted by atomic mass is 16.1. The van der Waals surface area contributed by atoms with Crippen LogP contribution in [0.15, 0.2) is 42.6 Å². The van der Waals surface area contributed by atoms with Gasteiger partial charge in [-0.15, -0.1) is 0 Å². The summed E-state index contributed by atoms with van der Waals surface area (Å²) in [7, 11) is 2.09. The Balaban J connectivity index is 1.68. The third-order valence-electron chi connectivity index (χ3n) is 5.62. The summed E-state index contributed by atoms with van der Waals surface area (Å²) >= 11 is 0. The van der Waals surface area contributed by atoms with Crippen molar-refractivity contribution in [3.8, 4) is 0 Å². The number of likely N-dealkylation sites (tertiary alicyclic amines) is 1. The fourth-order valence-electron chi connectivity index (χ4n) is 4.05. The van der Waals surface area contributed by atoms with Crippen molar-refractivity contribution in [2.24, 2.45) is 7.05 Å². The molecule has 4 heteroatoms. The SMILES string of the molecule is CCCc1ccc(C(=O)NCC(c2cccn2C)N2CCCCCC2)cc1. The zero-order chi connectivity index (χ0) is 19.1. The van der Waals surface area contributed by atoms with Gasteiger partial charge in [-0.1, -0.05) is 38.3 Å². The van der Waals surface area contributed by atoms with E-state index in [2.05, 4.69) is 59.2 Å². The highest BCUT2D eigenvalue weighted by molar-refractivity contribution is 5.94. The van der Waals surface area contributed by atoms with Gasteiger partial charge in [0.25, 0.3) is 5.91 Å². The molecule has 0 aliphatic carbocycles. The lowest BCUT2D eigenvalue weighted by atomic mass is 10.1. The largest absolute Gasteiger partial charge is 0.353 e. The molecule has 1 aromatic carbocycles. The molecule has 2 heterocycles. The molecule has 1 atom stereocenters. The minimum absolute atomic E-state index is 0.0204. The second-order valence-electron chi connectivity index (χ2n) is 7.67. The van der Waals surface area contributed by atoms with Gasteiger partial charge in [-0.05, 0) is 62.2 Å². The Morgan fingerprint density at radius 1 is 1.07 bits per heavy atom. The summed E-state index contributed by atoms with van der Waals surface area (Å²) in [4.78, 5) is 15.2. The highest BCUT2D eigenvalue weighted by Crippen LogP contribution is 2.24. The van der Waals surface area contributed by atoms with E-state index in [-0.39, 0.29) is 11.9 Å². The Bertz CT molecular complexity index is 711. The van der Waals surface area contributed by atoms with E-state index in [1.165, 1.54) is 36.9 Å². The Kier molecular flexibility index (Phi) is 7.11. The summed E-state index contributed by atoms with van der Waals surface area (Å²) in [5, 5.41) is 3.19. The van der Waals surface area contributed by atoms with Crippen molar-refractivity contribution in [1.29, 1.82) is 0 Å². The molecule has 0 bridgehead atoms. The van der Waals surface area contributed by atoms with Crippen LogP contribution in [0.25, 0.3) is 0 Å². The van der Waals surface area contributed by atoms with Crippen LogP contribution in [0.3, 0.4) is 0 Å². The number of nitrogens with one attached hydrogen (secondary N) is 1. The number of rotatable bonds is 7. The van der Waals surface area contributed by atoms with Gasteiger partial charge in [-0.25, -0.2) is 0 Å². The number of carbonyl (C=O) groups excluding carboxylic acids is 1. The quantitative estimate of drug-likeness (QED) is 0.791. The molecule has 1 unspecified atom stereocenters. The van der Waals surface area contributed by atoms with Gasteiger partial charge < -0.3 is 9.88 Å². The predicted molar refractivity (Wildman–Crippen MR) is 111 cm³/mol. The number of amides is 1. The molecular formula is C23H33N3O. The number of aryl methyl sites for hydroxylation is 2. The average Bonchev–Trinajstić information content (AvgIpc) is 2.93. The molecule has 3 rings (SSSR count). The molecule has 0 saturated carbocycles. The first-order valence-electron chi connectivity index (χ1n) is 10.4. The molecule has 4 nitrogen and oxygen atoms in total. The normalized spacial score (nSPS) is 16.7. The Morgan fingerprint density at radius 3 is 2.37 bits per heavy atom. The lowest BCUT2D eigenvalue weighted by Gasteiger charge is -2.31. The first kappa shape index (κ1) is 19.7. The van der Waals surface area contributed by atoms with E-state index in [4.69, 9.17) is 0 Å². The number of hydrogen-bond acceptors (Lipinski definition) is 2. The molecule has 0 spiro atoms. The van der Waals surface area contributed by atoms with Crippen LogP contribution in [0.1, 0.15) is 66.7 Å². The van der Waals surface area contributed by atoms with Crippen molar-refractivity contribution in [3.63, 3.8) is 0 Å². The Morgan fingerprint density at radius 2 is 1.78 bits per heavy atom. The van der Waals surface area contributed by atoms with Gasteiger partial charge in [-0.3, -0.25) is 9.69 Å². The van der Waals surface area contributed by atoms with Crippen LogP contribution < -0.4 is 5.32 Å². The standard InChI is InChI=1S/C23H33N3O/c1-3-9-19-11-13-20(14-12-19)23(27)24-18-22(21-10-8-15-25(21)2)26-16-6-4-5-7-17-26/h8,10-15,22H,3-7,9,16-18H2,1-2H3,(H,24,27). The van der Waals surface area contributed by atoms with Gasteiger partial charge in [0.15, 0.2) is 0 Å². The third-order valence-corrected chi connectivity index (χ3v) is 5.62. The molecule has 1 amide bonds. The number of carbonyl (C=O) groups is 1. The van der Waals surface area contributed by atoms with Crippen molar-refractivity contribution in [2.75, 3.05) is 19.6 Å². The third kappa shape index (κ3) is 5.23. The van der Waals surface area contributed by atoms with Crippen LogP contribution in [-0.4, -0.2) is 35.0 Å². The van der Waals surface area contributed by atoms with Gasteiger partial charge in [0.05, 0.1) is 6.04 Å². The molecule has 27 heavy (non-hydrogen) atoms. The molecule has 146 valence electrons. The van der Waals surface area contributed by atoms with Gasteiger partial charge >= 0.3 is 0 Å². The smallest absolute Gasteiger partial charge is 0.251 e. The zero-order valence-electron chi connectivity index (χ0n) is 16.8. The summed E-state index contributed by atoms with van der Waals surface area (Å²) in [5.74, 6) is 0.0204. The minimum Gasteiger partial charge on any atom is -0.353 e. The number of hydrogen-bond donors (Lipinski definition) is 1. The maximum absolute atomic E-state index is 12.7. The second kappa shape index (κ2) is 9.75. The average molecular weight is 368 g/mol. The molecule has 1 saturated heterocycles. The van der Waals surface area contributed by atoms with Gasteiger partial charge in [0, 0.05) is 31.0 Å². The highest BCUT2D eigenvalue weighted by Gasteiger charge is 2.24. The monoisotopic (exact) mass is 367 g/mol. The Labute approximate surface area is 163 Å². The van der Waals surface area contributed by atoms with Crippen LogP contribution in [0.2, 0.25) is 0 Å². The van der Waals surface area contributed by atoms with E-state index in [1.807, 2.05) is 12.1 Å². The first-order valence-corrected chi connectivity index (χ1v) is 10.4. The van der Waals surface area contributed by atoms with Crippen LogP contribution in [-0.2, 0) is 13.5 Å². The maximum atomic E-state index is 12.7. The molecular weight excluding hydrogens is 334 g/mol. The fraction of sp³-hybridized carbons (Fsp3) is 0.522. The predicted octanol–water partition coefficient (Wildman–Crippen LogP) is 4.32. The van der Waals surface area contributed by atoms with E-state index in [0.29, 0.717) is 6.54 Å². The van der Waals surface area contributed by atoms with Crippen molar-refractivity contribution in [3.05, 3.63) is 59.4 Å². The lowest BCUT2D eigenvalue weighted by molar-refractivity contribution is 0.0931. The number of benzene rings is 1. The summed E-state index contributed by atoms with van der Waals surface area (Å²) in [6.07, 6.45) is 9.39. The minimum atomic E-state index is 0.0204. The summed E-state index contributed by atoms with van der Waals surface area (Å²) < 4.78 is 2.18. The molecule has 1 N–H and O–H groups in total. The van der Waals surface area contributed by atoms with Crippen LogP contribution in [0, 0.1) is 0 Å². The van der Waals surface area contributed by atoms with Gasteiger partial charge in [-0.2, -0.15) is 0 Å². The van der Waals surface area contributed by atoms with E-state index >= 15 is 0 Å². The molecule has 1 aliphatic rings. The lowest BCUT2D eigenvalue weighted by Crippen LogP contribution is -2.39. The molecule has 0 radical (unpaired) electrons. The zero-order valence-corrected chi connectivity index (χ0v) is 16.8. The number of nitrogens with zero attached hydrogens (tertiary/aromatic N) is 2. The van der Waals surface area contributed by atoms with E-state index in [9.17, 15) is 4.79 Å². The van der Waals surface area contributed by atoms with Crippen molar-refractivity contribution in [2.45, 2.75) is 51.5 Å². The Hall–Kier alpha value is -2.07. The van der Waals surface area contributed by atoms with Crippen LogP contribution in [0.5, 0.6) is 0 Å². The molecule has 1 fully saturated rings. The maximum Gasteiger partial charge on any atom is 0.251 e. The van der Waals surface area contributed by atoms with Crippen LogP contribution in [0.4, 0.5) is 0 Å². The van der Waals surface area contributed by atoms with E-state index in [1.54, 1.807) is 0 Å². The summed E-state index contributed by atoms with van der Waals surface area (Å²) in [5.41, 5.74) is 3.31. The fourth-order valence-corrected chi connectivity index (χ4v) is 4.05. The number of aromatic nitrogens is 1.